The molecule has 6 nitrogen and oxygen atoms in total. The number of halogens is 13. The summed E-state index contributed by atoms with van der Waals surface area (Å²) in [5.41, 5.74) is -3.31. The van der Waals surface area contributed by atoms with Crippen LogP contribution in [0.15, 0.2) is 52.4 Å². The van der Waals surface area contributed by atoms with Gasteiger partial charge in [0, 0.05) is 32.5 Å². The van der Waals surface area contributed by atoms with Crippen molar-refractivity contribution in [1.82, 2.24) is 9.97 Å². The van der Waals surface area contributed by atoms with Gasteiger partial charge in [-0.15, -0.1) is 0 Å². The largest absolute Gasteiger partial charge is 0.241 e. The van der Waals surface area contributed by atoms with Crippen LogP contribution < -0.4 is 10.7 Å². The van der Waals surface area contributed by atoms with Crippen LogP contribution in [0, 0.1) is 98.5 Å². The van der Waals surface area contributed by atoms with Crippen molar-refractivity contribution in [2.75, 3.05) is 0 Å². The van der Waals surface area contributed by atoms with E-state index in [1.807, 2.05) is 0 Å². The van der Waals surface area contributed by atoms with Crippen molar-refractivity contribution >= 4 is 65.2 Å². The Labute approximate surface area is 316 Å². The number of nitriles is 2. The third-order valence-corrected chi connectivity index (χ3v) is 9.91. The van der Waals surface area contributed by atoms with E-state index in [9.17, 15) is 45.6 Å². The van der Waals surface area contributed by atoms with Gasteiger partial charge < -0.3 is 0 Å². The fraction of sp³-hybridized carbons (Fsp3) is 0. The fourth-order valence-electron chi connectivity index (χ4n) is 7.32. The minimum absolute atomic E-state index is 0.00169. The highest BCUT2D eigenvalue weighted by molar-refractivity contribution is 6.16. The molecule has 1 aromatic heterocycles. The minimum atomic E-state index is -2.51. The maximum Gasteiger partial charge on any atom is 0.206 e. The maximum absolute atomic E-state index is 15.8. The monoisotopic (exact) mass is 818 g/mol. The second kappa shape index (κ2) is 12.7. The summed E-state index contributed by atoms with van der Waals surface area (Å²) in [6, 6.07) is 7.16. The SMILES string of the molecule is N#C/N=c1\c2cc(-c3cc4c(F)c(F)c(F)c(F)c4c(F)c3F)ccc2c2nc3/c(=N/C#N)c4cc(-c5c(F)c(F)c6c(F)c(F)c(F)c(F)c6c5F)ccc4c3nc12. The average Bonchev–Trinajstić information content (AvgIpc) is 3.69. The molecule has 0 bridgehead atoms. The Balaban J connectivity index is 1.30. The summed E-state index contributed by atoms with van der Waals surface area (Å²) in [7, 11) is 0. The van der Waals surface area contributed by atoms with Crippen molar-refractivity contribution in [1.29, 1.82) is 10.5 Å². The average molecular weight is 819 g/mol. The quantitative estimate of drug-likeness (QED) is 0.0751. The Kier molecular flexibility index (Phi) is 7.93. The molecule has 0 fully saturated rings. The number of benzene rings is 6. The van der Waals surface area contributed by atoms with Crippen LogP contribution in [0.1, 0.15) is 0 Å². The van der Waals surface area contributed by atoms with Crippen LogP contribution in [-0.4, -0.2) is 9.97 Å². The number of hydrogen-bond donors (Lipinski definition) is 0. The van der Waals surface area contributed by atoms with Gasteiger partial charge >= 0.3 is 0 Å². The molecule has 19 heteroatoms. The molecule has 59 heavy (non-hydrogen) atoms. The summed E-state index contributed by atoms with van der Waals surface area (Å²) in [4.78, 5) is 16.6. The lowest BCUT2D eigenvalue weighted by Gasteiger charge is -2.13. The highest BCUT2D eigenvalue weighted by atomic mass is 19.2. The second-order valence-corrected chi connectivity index (χ2v) is 12.8. The molecule has 0 aliphatic rings. The zero-order chi connectivity index (χ0) is 42.1. The van der Waals surface area contributed by atoms with Crippen LogP contribution in [0.25, 0.3) is 87.4 Å². The normalized spacial score (nSPS) is 12.7. The van der Waals surface area contributed by atoms with E-state index < -0.39 is 114 Å². The third kappa shape index (κ3) is 4.81. The number of rotatable bonds is 2. The van der Waals surface area contributed by atoms with E-state index in [1.54, 1.807) is 6.19 Å². The minimum Gasteiger partial charge on any atom is -0.241 e. The molecule has 0 unspecified atom stereocenters. The molecule has 0 saturated heterocycles. The molecular formula is C40H7F13N6. The van der Waals surface area contributed by atoms with Gasteiger partial charge in [0.15, 0.2) is 69.8 Å². The first-order valence-corrected chi connectivity index (χ1v) is 16.2. The van der Waals surface area contributed by atoms with Gasteiger partial charge in [-0.05, 0) is 29.3 Å². The maximum atomic E-state index is 15.8. The van der Waals surface area contributed by atoms with E-state index in [-0.39, 0.29) is 59.9 Å². The lowest BCUT2D eigenvalue weighted by atomic mass is 9.96. The molecule has 0 atom stereocenters. The fourth-order valence-corrected chi connectivity index (χ4v) is 7.32. The van der Waals surface area contributed by atoms with Crippen molar-refractivity contribution in [2.24, 2.45) is 9.98 Å². The van der Waals surface area contributed by atoms with Crippen molar-refractivity contribution in [3.8, 4) is 34.6 Å². The number of fused-ring (bicyclic) bond motifs is 8. The smallest absolute Gasteiger partial charge is 0.206 e. The first-order valence-electron chi connectivity index (χ1n) is 16.2. The van der Waals surface area contributed by atoms with Crippen LogP contribution in [0.4, 0.5) is 57.1 Å². The molecule has 0 aliphatic carbocycles. The van der Waals surface area contributed by atoms with Gasteiger partial charge in [0.25, 0.3) is 0 Å². The standard InChI is InChI=1S/C40H7F13N6/c41-22-14(7-17-19(26(22)45)27(46)32(51)31(50)23(17)42)10-1-3-12-15(5-10)35(56-8-54)39-37(12)58-40-36(57-9-55)16-6-11(2-4-13(16)38(40)59-39)18-24(43)20-21(28(47)25(18)44)30(49)34(53)33(52)29(20)48/h1-7H/b56-35+,57-36+. The number of aromatic nitrogens is 2. The molecule has 0 saturated carbocycles. The first kappa shape index (κ1) is 36.9. The van der Waals surface area contributed by atoms with Crippen molar-refractivity contribution in [3.05, 3.63) is 129 Å². The molecule has 9 aromatic rings. The number of hydrogen-bond acceptors (Lipinski definition) is 6. The van der Waals surface area contributed by atoms with E-state index in [4.69, 9.17) is 0 Å². The van der Waals surface area contributed by atoms with Gasteiger partial charge in [0.1, 0.15) is 27.6 Å². The highest BCUT2D eigenvalue weighted by Crippen LogP contribution is 2.41. The molecular weight excluding hydrogens is 811 g/mol. The number of nitrogens with zero attached hydrogens (tertiary/aromatic N) is 6. The van der Waals surface area contributed by atoms with E-state index in [0.29, 0.717) is 6.07 Å². The molecule has 288 valence electrons. The lowest BCUT2D eigenvalue weighted by molar-refractivity contribution is 0.412. The van der Waals surface area contributed by atoms with Gasteiger partial charge in [0.2, 0.25) is 12.4 Å². The van der Waals surface area contributed by atoms with Gasteiger partial charge in [-0.2, -0.15) is 20.5 Å². The summed E-state index contributed by atoms with van der Waals surface area (Å²) in [5.74, 6) is -28.7. The van der Waals surface area contributed by atoms with Gasteiger partial charge in [-0.25, -0.2) is 67.0 Å². The molecule has 9 rings (SSSR count). The third-order valence-electron chi connectivity index (χ3n) is 9.91. The van der Waals surface area contributed by atoms with Gasteiger partial charge in [0.05, 0.1) is 32.8 Å². The van der Waals surface area contributed by atoms with Crippen LogP contribution in [-0.2, 0) is 0 Å². The predicted octanol–water partition coefficient (Wildman–Crippen LogP) is 10.2. The van der Waals surface area contributed by atoms with Crippen molar-refractivity contribution in [3.63, 3.8) is 0 Å². The van der Waals surface area contributed by atoms with Crippen molar-refractivity contribution in [2.45, 2.75) is 0 Å². The Morgan fingerprint density at radius 3 is 1.32 bits per heavy atom. The van der Waals surface area contributed by atoms with Crippen molar-refractivity contribution < 1.29 is 57.1 Å². The van der Waals surface area contributed by atoms with Crippen LogP contribution in [0.3, 0.4) is 0 Å². The summed E-state index contributed by atoms with van der Waals surface area (Å²) in [6.07, 6.45) is 3.08. The summed E-state index contributed by atoms with van der Waals surface area (Å²) in [6.45, 7) is 0. The van der Waals surface area contributed by atoms with E-state index in [0.717, 1.165) is 30.3 Å². The summed E-state index contributed by atoms with van der Waals surface area (Å²) >= 11 is 0. The predicted molar refractivity (Wildman–Crippen MR) is 182 cm³/mol. The zero-order valence-electron chi connectivity index (χ0n) is 28.1. The molecule has 0 radical (unpaired) electrons. The van der Waals surface area contributed by atoms with E-state index in [2.05, 4.69) is 20.0 Å². The van der Waals surface area contributed by atoms with Crippen LogP contribution in [0.5, 0.6) is 0 Å². The Bertz CT molecular complexity index is 3690. The van der Waals surface area contributed by atoms with Gasteiger partial charge in [-0.1, -0.05) is 24.3 Å². The Hall–Kier alpha value is -7.67. The topological polar surface area (TPSA) is 98.1 Å². The highest BCUT2D eigenvalue weighted by Gasteiger charge is 2.32. The molecule has 0 N–H and O–H groups in total. The lowest BCUT2D eigenvalue weighted by Crippen LogP contribution is -2.06. The Morgan fingerprint density at radius 1 is 0.373 bits per heavy atom. The van der Waals surface area contributed by atoms with E-state index in [1.165, 1.54) is 12.3 Å². The molecule has 0 spiro atoms. The molecule has 0 amide bonds. The zero-order valence-corrected chi connectivity index (χ0v) is 28.1. The molecule has 0 aliphatic heterocycles. The Morgan fingerprint density at radius 2 is 0.797 bits per heavy atom. The van der Waals surface area contributed by atoms with Gasteiger partial charge in [-0.3, -0.25) is 0 Å². The summed E-state index contributed by atoms with van der Waals surface area (Å²) in [5, 5.41) is 12.6. The molecule has 8 aromatic carbocycles. The second-order valence-electron chi connectivity index (χ2n) is 12.8. The summed E-state index contributed by atoms with van der Waals surface area (Å²) < 4.78 is 191. The van der Waals surface area contributed by atoms with Crippen LogP contribution in [0.2, 0.25) is 0 Å². The van der Waals surface area contributed by atoms with E-state index >= 15 is 22.0 Å². The molecule has 1 heterocycles. The van der Waals surface area contributed by atoms with Crippen LogP contribution >= 0.6 is 0 Å². The first-order chi connectivity index (χ1) is 28.1.